The minimum atomic E-state index is -0.762. The van der Waals surface area contributed by atoms with Crippen LogP contribution in [0.3, 0.4) is 0 Å². The van der Waals surface area contributed by atoms with Crippen molar-refractivity contribution in [3.63, 3.8) is 0 Å². The van der Waals surface area contributed by atoms with Crippen LogP contribution in [0.2, 0.25) is 0 Å². The molecule has 0 radical (unpaired) electrons. The number of carbonyl (C=O) groups excluding carboxylic acids is 3. The predicted octanol–water partition coefficient (Wildman–Crippen LogP) is 13.7. The molecule has 0 bridgehead atoms. The van der Waals surface area contributed by atoms with E-state index in [2.05, 4.69) is 41.5 Å². The quantitative estimate of drug-likeness (QED) is 0.0359. The minimum Gasteiger partial charge on any atom is -0.462 e. The lowest BCUT2D eigenvalue weighted by atomic mass is 10.00. The van der Waals surface area contributed by atoms with Crippen LogP contribution in [-0.2, 0) is 28.6 Å². The molecule has 0 aromatic heterocycles. The predicted molar refractivity (Wildman–Crippen MR) is 215 cm³/mol. The summed E-state index contributed by atoms with van der Waals surface area (Å²) in [5, 5.41) is 0. The number of rotatable bonds is 38. The molecule has 0 aromatic rings. The Labute approximate surface area is 317 Å². The van der Waals surface area contributed by atoms with Crippen LogP contribution in [0.4, 0.5) is 0 Å². The van der Waals surface area contributed by atoms with E-state index in [0.29, 0.717) is 19.3 Å². The van der Waals surface area contributed by atoms with Gasteiger partial charge in [0.1, 0.15) is 13.2 Å². The van der Waals surface area contributed by atoms with Crippen molar-refractivity contribution < 1.29 is 28.6 Å². The van der Waals surface area contributed by atoms with Crippen molar-refractivity contribution in [1.29, 1.82) is 0 Å². The fourth-order valence-corrected chi connectivity index (χ4v) is 6.49. The Morgan fingerprint density at radius 3 is 1.02 bits per heavy atom. The lowest BCUT2D eigenvalue weighted by molar-refractivity contribution is -0.167. The lowest BCUT2D eigenvalue weighted by Crippen LogP contribution is -2.30. The molecule has 0 aliphatic heterocycles. The molecule has 0 saturated carbocycles. The normalized spacial score (nSPS) is 12.7. The average Bonchev–Trinajstić information content (AvgIpc) is 3.09. The summed E-state index contributed by atoms with van der Waals surface area (Å²) in [6.45, 7) is 13.6. The van der Waals surface area contributed by atoms with Crippen molar-refractivity contribution in [1.82, 2.24) is 0 Å². The first-order chi connectivity index (χ1) is 24.6. The molecule has 6 nitrogen and oxygen atoms in total. The monoisotopic (exact) mass is 723 g/mol. The summed E-state index contributed by atoms with van der Waals surface area (Å²) in [5.41, 5.74) is 0. The third kappa shape index (κ3) is 38.0. The molecule has 0 spiro atoms. The van der Waals surface area contributed by atoms with Crippen molar-refractivity contribution in [3.8, 4) is 0 Å². The van der Waals surface area contributed by atoms with Gasteiger partial charge in [-0.15, -0.1) is 0 Å². The van der Waals surface area contributed by atoms with Crippen LogP contribution in [0.15, 0.2) is 0 Å². The van der Waals surface area contributed by atoms with Gasteiger partial charge in [0.05, 0.1) is 0 Å². The van der Waals surface area contributed by atoms with Crippen LogP contribution in [0.5, 0.6) is 0 Å². The highest BCUT2D eigenvalue weighted by atomic mass is 16.6. The molecule has 0 fully saturated rings. The summed E-state index contributed by atoms with van der Waals surface area (Å²) in [7, 11) is 0. The maximum absolute atomic E-state index is 12.7. The first-order valence-electron chi connectivity index (χ1n) is 22.1. The molecule has 0 amide bonds. The summed E-state index contributed by atoms with van der Waals surface area (Å²) >= 11 is 0. The lowest BCUT2D eigenvalue weighted by Gasteiger charge is -2.18. The Hall–Kier alpha value is -1.59. The molecule has 0 aromatic carbocycles. The number of hydrogen-bond acceptors (Lipinski definition) is 6. The molecule has 1 unspecified atom stereocenters. The Balaban J connectivity index is 4.36. The van der Waals surface area contributed by atoms with Crippen molar-refractivity contribution in [2.24, 2.45) is 17.8 Å². The molecule has 51 heavy (non-hydrogen) atoms. The van der Waals surface area contributed by atoms with E-state index >= 15 is 0 Å². The second-order valence-corrected chi connectivity index (χ2v) is 16.5. The fourth-order valence-electron chi connectivity index (χ4n) is 6.49. The van der Waals surface area contributed by atoms with Crippen LogP contribution in [-0.4, -0.2) is 37.2 Å². The maximum Gasteiger partial charge on any atom is 0.306 e. The van der Waals surface area contributed by atoms with Gasteiger partial charge in [-0.1, -0.05) is 196 Å². The van der Waals surface area contributed by atoms with Crippen molar-refractivity contribution in [2.75, 3.05) is 13.2 Å². The Bertz CT molecular complexity index is 794. The molecule has 0 aliphatic rings. The van der Waals surface area contributed by atoms with Crippen molar-refractivity contribution in [3.05, 3.63) is 0 Å². The molecule has 0 rings (SSSR count). The van der Waals surface area contributed by atoms with Gasteiger partial charge in [-0.05, 0) is 37.0 Å². The van der Waals surface area contributed by atoms with Gasteiger partial charge in [0, 0.05) is 19.3 Å². The SMILES string of the molecule is CCC(C)CCCCCCCCC(=O)OC[C@H](COC(=O)CCCCCCCCCCCC(C)C)OC(=O)CCCCCCCCCCC(C)C. The summed E-state index contributed by atoms with van der Waals surface area (Å²) in [4.78, 5) is 37.6. The molecular formula is C45H86O6. The second-order valence-electron chi connectivity index (χ2n) is 16.5. The highest BCUT2D eigenvalue weighted by Crippen LogP contribution is 2.17. The van der Waals surface area contributed by atoms with Gasteiger partial charge in [0.15, 0.2) is 6.10 Å². The van der Waals surface area contributed by atoms with E-state index in [9.17, 15) is 14.4 Å². The zero-order valence-corrected chi connectivity index (χ0v) is 34.9. The summed E-state index contributed by atoms with van der Waals surface area (Å²) in [5.74, 6) is 1.55. The van der Waals surface area contributed by atoms with Crippen LogP contribution in [0.25, 0.3) is 0 Å². The van der Waals surface area contributed by atoms with Gasteiger partial charge in [0.2, 0.25) is 0 Å². The standard InChI is InChI=1S/C45H86O6/c1-7-41(6)33-27-21-17-18-23-29-35-44(47)50-38-42(51-45(48)36-30-24-16-12-11-14-20-26-32-40(4)5)37-49-43(46)34-28-22-15-10-8-9-13-19-25-31-39(2)3/h39-42H,7-38H2,1-6H3/t41?,42-/m0/s1. The number of ether oxygens (including phenoxy) is 3. The van der Waals surface area contributed by atoms with Crippen LogP contribution in [0.1, 0.15) is 234 Å². The van der Waals surface area contributed by atoms with Gasteiger partial charge in [-0.3, -0.25) is 14.4 Å². The van der Waals surface area contributed by atoms with E-state index in [1.165, 1.54) is 116 Å². The smallest absolute Gasteiger partial charge is 0.306 e. The second kappa shape index (κ2) is 36.8. The van der Waals surface area contributed by atoms with E-state index in [1.807, 2.05) is 0 Å². The Kier molecular flexibility index (Phi) is 35.6. The Morgan fingerprint density at radius 1 is 0.392 bits per heavy atom. The van der Waals surface area contributed by atoms with E-state index in [-0.39, 0.29) is 31.1 Å². The zero-order chi connectivity index (χ0) is 37.8. The molecule has 0 aliphatic carbocycles. The molecule has 0 saturated heterocycles. The van der Waals surface area contributed by atoms with Crippen LogP contribution >= 0.6 is 0 Å². The highest BCUT2D eigenvalue weighted by Gasteiger charge is 2.19. The fraction of sp³-hybridized carbons (Fsp3) is 0.933. The van der Waals surface area contributed by atoms with E-state index in [1.54, 1.807) is 0 Å². The number of unbranched alkanes of at least 4 members (excludes halogenated alkanes) is 20. The number of hydrogen-bond donors (Lipinski definition) is 0. The largest absolute Gasteiger partial charge is 0.462 e. The van der Waals surface area contributed by atoms with Gasteiger partial charge < -0.3 is 14.2 Å². The first kappa shape index (κ1) is 49.4. The highest BCUT2D eigenvalue weighted by molar-refractivity contribution is 5.71. The number of carbonyl (C=O) groups is 3. The average molecular weight is 723 g/mol. The van der Waals surface area contributed by atoms with Gasteiger partial charge in [-0.2, -0.15) is 0 Å². The minimum absolute atomic E-state index is 0.0673. The topological polar surface area (TPSA) is 78.9 Å². The van der Waals surface area contributed by atoms with Crippen LogP contribution < -0.4 is 0 Å². The Morgan fingerprint density at radius 2 is 0.686 bits per heavy atom. The van der Waals surface area contributed by atoms with Gasteiger partial charge in [0.25, 0.3) is 0 Å². The first-order valence-corrected chi connectivity index (χ1v) is 22.1. The zero-order valence-electron chi connectivity index (χ0n) is 34.9. The van der Waals surface area contributed by atoms with Gasteiger partial charge in [-0.25, -0.2) is 0 Å². The molecule has 0 heterocycles. The molecule has 2 atom stereocenters. The summed E-state index contributed by atoms with van der Waals surface area (Å²) < 4.78 is 16.7. The van der Waals surface area contributed by atoms with Crippen LogP contribution in [0, 0.1) is 17.8 Å². The molecular weight excluding hydrogens is 636 g/mol. The molecule has 6 heteroatoms. The molecule has 0 N–H and O–H groups in total. The third-order valence-electron chi connectivity index (χ3n) is 10.3. The maximum atomic E-state index is 12.7. The summed E-state index contributed by atoms with van der Waals surface area (Å²) in [6, 6.07) is 0. The molecule has 302 valence electrons. The summed E-state index contributed by atoms with van der Waals surface area (Å²) in [6.07, 6.45) is 32.4. The van der Waals surface area contributed by atoms with Gasteiger partial charge >= 0.3 is 17.9 Å². The third-order valence-corrected chi connectivity index (χ3v) is 10.3. The van der Waals surface area contributed by atoms with E-state index in [4.69, 9.17) is 14.2 Å². The van der Waals surface area contributed by atoms with E-state index < -0.39 is 6.10 Å². The van der Waals surface area contributed by atoms with Crippen molar-refractivity contribution in [2.45, 2.75) is 240 Å². The van der Waals surface area contributed by atoms with E-state index in [0.717, 1.165) is 75.5 Å². The van der Waals surface area contributed by atoms with Crippen molar-refractivity contribution >= 4 is 17.9 Å². The number of esters is 3.